The molecule has 2 aromatic carbocycles. The number of carbonyl (C=O) groups excluding carboxylic acids is 1. The van der Waals surface area contributed by atoms with Gasteiger partial charge in [0.15, 0.2) is 5.82 Å². The number of ether oxygens (including phenoxy) is 1. The largest absolute Gasteiger partial charge is 0.497 e. The van der Waals surface area contributed by atoms with Crippen molar-refractivity contribution in [3.8, 4) is 17.0 Å². The van der Waals surface area contributed by atoms with Crippen molar-refractivity contribution in [2.24, 2.45) is 0 Å². The Kier molecular flexibility index (Phi) is 5.19. The van der Waals surface area contributed by atoms with E-state index in [9.17, 15) is 4.79 Å². The van der Waals surface area contributed by atoms with Crippen LogP contribution in [0.5, 0.6) is 5.75 Å². The summed E-state index contributed by atoms with van der Waals surface area (Å²) >= 11 is 0. The fourth-order valence-corrected chi connectivity index (χ4v) is 3.31. The Balaban J connectivity index is 1.38. The van der Waals surface area contributed by atoms with Gasteiger partial charge in [-0.05, 0) is 48.5 Å². The molecule has 1 amide bonds. The molecular formula is C22H22N4O2. The van der Waals surface area contributed by atoms with E-state index in [0.717, 1.165) is 41.5 Å². The third kappa shape index (κ3) is 3.81. The Hall–Kier alpha value is -3.41. The van der Waals surface area contributed by atoms with Crippen LogP contribution in [-0.2, 0) is 0 Å². The number of piperazine rings is 1. The zero-order chi connectivity index (χ0) is 19.3. The average molecular weight is 374 g/mol. The molecule has 142 valence electrons. The number of rotatable bonds is 4. The summed E-state index contributed by atoms with van der Waals surface area (Å²) in [6.07, 6.45) is 0. The first kappa shape index (κ1) is 18.0. The van der Waals surface area contributed by atoms with Crippen molar-refractivity contribution in [2.75, 3.05) is 38.2 Å². The fourth-order valence-electron chi connectivity index (χ4n) is 3.31. The lowest BCUT2D eigenvalue weighted by Crippen LogP contribution is -2.49. The van der Waals surface area contributed by atoms with Crippen molar-refractivity contribution in [3.63, 3.8) is 0 Å². The van der Waals surface area contributed by atoms with Gasteiger partial charge in [-0.2, -0.15) is 0 Å². The first-order valence-electron chi connectivity index (χ1n) is 9.32. The molecule has 0 N–H and O–H groups in total. The minimum Gasteiger partial charge on any atom is -0.497 e. The van der Waals surface area contributed by atoms with Crippen LogP contribution in [0.4, 0.5) is 5.82 Å². The van der Waals surface area contributed by atoms with Crippen LogP contribution in [0.3, 0.4) is 0 Å². The minimum absolute atomic E-state index is 0.0844. The highest BCUT2D eigenvalue weighted by molar-refractivity contribution is 5.94. The van der Waals surface area contributed by atoms with Gasteiger partial charge < -0.3 is 14.5 Å². The molecule has 4 rings (SSSR count). The molecule has 1 aliphatic rings. The van der Waals surface area contributed by atoms with Gasteiger partial charge in [0.2, 0.25) is 0 Å². The molecule has 6 heteroatoms. The average Bonchev–Trinajstić information content (AvgIpc) is 2.79. The van der Waals surface area contributed by atoms with Gasteiger partial charge in [0, 0.05) is 37.3 Å². The van der Waals surface area contributed by atoms with Crippen molar-refractivity contribution in [2.45, 2.75) is 0 Å². The van der Waals surface area contributed by atoms with E-state index in [1.54, 1.807) is 7.11 Å². The monoisotopic (exact) mass is 374 g/mol. The van der Waals surface area contributed by atoms with Gasteiger partial charge in [-0.25, -0.2) is 0 Å². The molecule has 1 saturated heterocycles. The van der Waals surface area contributed by atoms with Gasteiger partial charge >= 0.3 is 0 Å². The second-order valence-corrected chi connectivity index (χ2v) is 6.65. The standard InChI is InChI=1S/C22H22N4O2/c1-28-19-9-7-17(8-10-19)20-11-12-21(24-23-20)25-13-15-26(16-14-25)22(27)18-5-3-2-4-6-18/h2-12H,13-16H2,1H3. The fraction of sp³-hybridized carbons (Fsp3) is 0.227. The number of amides is 1. The summed E-state index contributed by atoms with van der Waals surface area (Å²) in [5, 5.41) is 8.76. The highest BCUT2D eigenvalue weighted by atomic mass is 16.5. The van der Waals surface area contributed by atoms with Crippen molar-refractivity contribution in [1.82, 2.24) is 15.1 Å². The third-order valence-electron chi connectivity index (χ3n) is 4.95. The Labute approximate surface area is 164 Å². The number of methoxy groups -OCH3 is 1. The Morgan fingerprint density at radius 1 is 0.857 bits per heavy atom. The van der Waals surface area contributed by atoms with Crippen LogP contribution in [0.1, 0.15) is 10.4 Å². The summed E-state index contributed by atoms with van der Waals surface area (Å²) in [6.45, 7) is 2.84. The molecule has 3 aromatic rings. The van der Waals surface area contributed by atoms with Gasteiger partial charge in [0.05, 0.1) is 12.8 Å². The molecule has 0 bridgehead atoms. The molecule has 28 heavy (non-hydrogen) atoms. The van der Waals surface area contributed by atoms with Crippen LogP contribution in [0.15, 0.2) is 66.7 Å². The lowest BCUT2D eigenvalue weighted by molar-refractivity contribution is 0.0746. The molecule has 0 aliphatic carbocycles. The van der Waals surface area contributed by atoms with Crippen LogP contribution in [-0.4, -0.2) is 54.3 Å². The summed E-state index contributed by atoms with van der Waals surface area (Å²) in [4.78, 5) is 16.6. The molecule has 0 atom stereocenters. The van der Waals surface area contributed by atoms with Crippen molar-refractivity contribution in [1.29, 1.82) is 0 Å². The van der Waals surface area contributed by atoms with E-state index in [0.29, 0.717) is 13.1 Å². The summed E-state index contributed by atoms with van der Waals surface area (Å²) in [6, 6.07) is 21.1. The first-order chi connectivity index (χ1) is 13.7. The van der Waals surface area contributed by atoms with Crippen LogP contribution < -0.4 is 9.64 Å². The van der Waals surface area contributed by atoms with Crippen LogP contribution in [0, 0.1) is 0 Å². The van der Waals surface area contributed by atoms with Crippen LogP contribution in [0.25, 0.3) is 11.3 Å². The number of anilines is 1. The predicted molar refractivity (Wildman–Crippen MR) is 109 cm³/mol. The Bertz CT molecular complexity index is 919. The SMILES string of the molecule is COc1ccc(-c2ccc(N3CCN(C(=O)c4ccccc4)CC3)nn2)cc1. The summed E-state index contributed by atoms with van der Waals surface area (Å²) in [7, 11) is 1.65. The number of benzene rings is 2. The molecular weight excluding hydrogens is 352 g/mol. The van der Waals surface area contributed by atoms with E-state index in [1.165, 1.54) is 0 Å². The van der Waals surface area contributed by atoms with Gasteiger partial charge in [0.1, 0.15) is 5.75 Å². The quantitative estimate of drug-likeness (QED) is 0.702. The lowest BCUT2D eigenvalue weighted by Gasteiger charge is -2.35. The Morgan fingerprint density at radius 3 is 2.18 bits per heavy atom. The van der Waals surface area contributed by atoms with E-state index in [4.69, 9.17) is 4.74 Å². The van der Waals surface area contributed by atoms with Crippen LogP contribution in [0.2, 0.25) is 0 Å². The van der Waals surface area contributed by atoms with E-state index in [1.807, 2.05) is 71.6 Å². The molecule has 0 radical (unpaired) electrons. The zero-order valence-corrected chi connectivity index (χ0v) is 15.8. The molecule has 0 saturated carbocycles. The smallest absolute Gasteiger partial charge is 0.253 e. The van der Waals surface area contributed by atoms with Gasteiger partial charge in [-0.3, -0.25) is 4.79 Å². The maximum absolute atomic E-state index is 12.6. The maximum atomic E-state index is 12.6. The number of carbonyl (C=O) groups is 1. The van der Waals surface area contributed by atoms with Crippen molar-refractivity contribution >= 4 is 11.7 Å². The Morgan fingerprint density at radius 2 is 1.57 bits per heavy atom. The summed E-state index contributed by atoms with van der Waals surface area (Å²) in [5.41, 5.74) is 2.56. The normalized spacial score (nSPS) is 14.0. The topological polar surface area (TPSA) is 58.6 Å². The predicted octanol–water partition coefficient (Wildman–Crippen LogP) is 3.11. The number of aromatic nitrogens is 2. The minimum atomic E-state index is 0.0844. The zero-order valence-electron chi connectivity index (χ0n) is 15.8. The summed E-state index contributed by atoms with van der Waals surface area (Å²) in [5.74, 6) is 1.74. The second kappa shape index (κ2) is 8.08. The van der Waals surface area contributed by atoms with Gasteiger partial charge in [-0.1, -0.05) is 18.2 Å². The molecule has 1 fully saturated rings. The molecule has 1 aromatic heterocycles. The van der Waals surface area contributed by atoms with Gasteiger partial charge in [-0.15, -0.1) is 10.2 Å². The van der Waals surface area contributed by atoms with E-state index in [-0.39, 0.29) is 5.91 Å². The number of nitrogens with zero attached hydrogens (tertiary/aromatic N) is 4. The maximum Gasteiger partial charge on any atom is 0.253 e. The van der Waals surface area contributed by atoms with Crippen molar-refractivity contribution < 1.29 is 9.53 Å². The molecule has 0 spiro atoms. The van der Waals surface area contributed by atoms with E-state index < -0.39 is 0 Å². The molecule has 6 nitrogen and oxygen atoms in total. The van der Waals surface area contributed by atoms with Crippen molar-refractivity contribution in [3.05, 3.63) is 72.3 Å². The van der Waals surface area contributed by atoms with E-state index >= 15 is 0 Å². The highest BCUT2D eigenvalue weighted by Gasteiger charge is 2.23. The van der Waals surface area contributed by atoms with E-state index in [2.05, 4.69) is 15.1 Å². The van der Waals surface area contributed by atoms with Crippen LogP contribution >= 0.6 is 0 Å². The molecule has 1 aliphatic heterocycles. The molecule has 2 heterocycles. The third-order valence-corrected chi connectivity index (χ3v) is 4.95. The number of hydrogen-bond acceptors (Lipinski definition) is 5. The summed E-state index contributed by atoms with van der Waals surface area (Å²) < 4.78 is 5.19. The lowest BCUT2D eigenvalue weighted by atomic mass is 10.1. The first-order valence-corrected chi connectivity index (χ1v) is 9.32. The second-order valence-electron chi connectivity index (χ2n) is 6.65. The number of hydrogen-bond donors (Lipinski definition) is 0. The highest BCUT2D eigenvalue weighted by Crippen LogP contribution is 2.22. The molecule has 0 unspecified atom stereocenters. The van der Waals surface area contributed by atoms with Gasteiger partial charge in [0.25, 0.3) is 5.91 Å².